The van der Waals surface area contributed by atoms with E-state index in [0.29, 0.717) is 4.73 Å². The average molecular weight is 332 g/mol. The van der Waals surface area contributed by atoms with Crippen molar-refractivity contribution in [3.63, 3.8) is 0 Å². The van der Waals surface area contributed by atoms with Gasteiger partial charge in [0, 0.05) is 21.1 Å². The zero-order valence-corrected chi connectivity index (χ0v) is 10.0. The Morgan fingerprint density at radius 1 is 1.42 bits per heavy atom. The van der Waals surface area contributed by atoms with Gasteiger partial charge in [-0.05, 0) is 0 Å². The summed E-state index contributed by atoms with van der Waals surface area (Å²) in [4.78, 5) is 0. The Labute approximate surface area is 87.5 Å². The van der Waals surface area contributed by atoms with Crippen molar-refractivity contribution < 1.29 is 25.8 Å². The van der Waals surface area contributed by atoms with E-state index in [4.69, 9.17) is 0 Å². The van der Waals surface area contributed by atoms with E-state index >= 15 is 0 Å². The van der Waals surface area contributed by atoms with Gasteiger partial charge < -0.3 is 5.21 Å². The summed E-state index contributed by atoms with van der Waals surface area (Å²) in [6.45, 7) is 3.73. The van der Waals surface area contributed by atoms with Gasteiger partial charge in [-0.2, -0.15) is 6.07 Å². The van der Waals surface area contributed by atoms with Crippen LogP contribution in [0.15, 0.2) is 12.3 Å². The van der Waals surface area contributed by atoms with Gasteiger partial charge in [-0.3, -0.25) is 4.73 Å². The zero-order chi connectivity index (χ0) is 8.85. The van der Waals surface area contributed by atoms with Gasteiger partial charge in [0.05, 0.1) is 6.20 Å². The van der Waals surface area contributed by atoms with Crippen LogP contribution in [-0.4, -0.2) is 0 Å². The predicted molar refractivity (Wildman–Crippen MR) is 43.6 cm³/mol. The molecule has 1 rings (SSSR count). The molecular weight excluding hydrogens is 322 g/mol. The molecule has 0 aliphatic carbocycles. The molecule has 0 unspecified atom stereocenters. The maximum Gasteiger partial charge on any atom is 0.128 e. The largest absolute Gasteiger partial charge is 0.641 e. The molecule has 3 heteroatoms. The number of nitrogens with zero attached hydrogens (tertiary/aromatic N) is 1. The van der Waals surface area contributed by atoms with E-state index in [0.717, 1.165) is 11.1 Å². The van der Waals surface area contributed by atoms with Crippen molar-refractivity contribution in [3.8, 4) is 12.8 Å². The van der Waals surface area contributed by atoms with Gasteiger partial charge in [-0.25, -0.2) is 0 Å². The Bertz CT molecular complexity index is 207. The fraction of sp³-hybridized carbons (Fsp3) is 0.222. The van der Waals surface area contributed by atoms with Crippen molar-refractivity contribution in [1.82, 2.24) is 0 Å². The molecule has 0 saturated carbocycles. The second-order valence-electron chi connectivity index (χ2n) is 2.14. The minimum Gasteiger partial charge on any atom is -0.641 e. The number of hydrogen-bond acceptors (Lipinski definition) is 1. The minimum absolute atomic E-state index is 0. The monoisotopic (exact) mass is 332 g/mol. The third-order valence-electron chi connectivity index (χ3n) is 1.05. The van der Waals surface area contributed by atoms with Gasteiger partial charge in [-0.1, -0.05) is 25.0 Å². The number of pyridine rings is 1. The van der Waals surface area contributed by atoms with Crippen LogP contribution in [0.1, 0.15) is 11.1 Å². The first-order valence-corrected chi connectivity index (χ1v) is 3.11. The third kappa shape index (κ3) is 4.93. The number of hydrogen-bond donors (Lipinski definition) is 0. The van der Waals surface area contributed by atoms with Crippen LogP contribution >= 0.6 is 0 Å². The molecule has 0 saturated heterocycles. The molecule has 0 N–H and O–H groups in total. The quantitative estimate of drug-likeness (QED) is 0.301. The Balaban J connectivity index is 0. The van der Waals surface area contributed by atoms with Crippen molar-refractivity contribution >= 4 is 0 Å². The molecular formula is C9H10NOW-. The van der Waals surface area contributed by atoms with Crippen LogP contribution in [0.2, 0.25) is 0 Å². The molecule has 0 aromatic carbocycles. The van der Waals surface area contributed by atoms with Crippen LogP contribution in [0, 0.1) is 38.1 Å². The summed E-state index contributed by atoms with van der Waals surface area (Å²) in [6.07, 6.45) is 12.1. The van der Waals surface area contributed by atoms with Crippen LogP contribution in [0.4, 0.5) is 0 Å². The molecule has 12 heavy (non-hydrogen) atoms. The summed E-state index contributed by atoms with van der Waals surface area (Å²) in [6, 6.07) is 1.91. The van der Waals surface area contributed by atoms with Crippen LogP contribution in [0.3, 0.4) is 0 Å². The number of terminal acetylenes is 1. The number of aromatic nitrogens is 1. The van der Waals surface area contributed by atoms with Crippen LogP contribution in [-0.2, 0) is 21.1 Å². The normalized spacial score (nSPS) is 7.33. The number of aryl methyl sites for hydroxylation is 2. The molecule has 0 radical (unpaired) electrons. The SMILES string of the molecule is C#C.Cc1[c-][n+]([O-])cc(C)c1.[W]. The molecule has 1 heterocycles. The Hall–Kier alpha value is -0.802. The fourth-order valence-corrected chi connectivity index (χ4v) is 0.802. The zero-order valence-electron chi connectivity index (χ0n) is 7.07. The van der Waals surface area contributed by atoms with Crippen molar-refractivity contribution in [2.45, 2.75) is 13.8 Å². The van der Waals surface area contributed by atoms with Gasteiger partial charge in [0.2, 0.25) is 0 Å². The van der Waals surface area contributed by atoms with Crippen molar-refractivity contribution in [1.29, 1.82) is 0 Å². The van der Waals surface area contributed by atoms with Crippen LogP contribution < -0.4 is 4.73 Å². The first kappa shape index (κ1) is 13.8. The molecule has 1 aromatic heterocycles. The standard InChI is InChI=1S/C7H8NO.C2H2.W/c1-6-3-7(2)5-8(9)4-6;1-2;/h3-4H,1-2H3;1-2H;/q-1;;. The van der Waals surface area contributed by atoms with E-state index in [1.165, 1.54) is 6.20 Å². The molecule has 0 atom stereocenters. The fourth-order valence-electron chi connectivity index (χ4n) is 0.802. The van der Waals surface area contributed by atoms with E-state index in [1.54, 1.807) is 0 Å². The molecule has 0 bridgehead atoms. The van der Waals surface area contributed by atoms with E-state index in [1.807, 2.05) is 19.9 Å². The molecule has 0 fully saturated rings. The first-order valence-electron chi connectivity index (χ1n) is 3.11. The summed E-state index contributed by atoms with van der Waals surface area (Å²) >= 11 is 0. The van der Waals surface area contributed by atoms with Gasteiger partial charge in [0.1, 0.15) is 6.20 Å². The van der Waals surface area contributed by atoms with Crippen molar-refractivity contribution in [3.05, 3.63) is 34.8 Å². The topological polar surface area (TPSA) is 26.9 Å². The van der Waals surface area contributed by atoms with E-state index in [9.17, 15) is 5.21 Å². The Morgan fingerprint density at radius 2 is 1.92 bits per heavy atom. The second kappa shape index (κ2) is 6.88. The third-order valence-corrected chi connectivity index (χ3v) is 1.05. The molecule has 64 valence electrons. The predicted octanol–water partition coefficient (Wildman–Crippen LogP) is 0.984. The minimum atomic E-state index is 0. The van der Waals surface area contributed by atoms with E-state index < -0.39 is 0 Å². The smallest absolute Gasteiger partial charge is 0.128 e. The summed E-state index contributed by atoms with van der Waals surface area (Å²) < 4.78 is 0.699. The first-order chi connectivity index (χ1) is 5.18. The summed E-state index contributed by atoms with van der Waals surface area (Å²) in [7, 11) is 0. The maximum absolute atomic E-state index is 10.6. The van der Waals surface area contributed by atoms with Gasteiger partial charge in [0.25, 0.3) is 0 Å². The average Bonchev–Trinajstić information content (AvgIpc) is 1.88. The van der Waals surface area contributed by atoms with Crippen LogP contribution in [0.5, 0.6) is 0 Å². The van der Waals surface area contributed by atoms with Crippen molar-refractivity contribution in [2.24, 2.45) is 0 Å². The van der Waals surface area contributed by atoms with Gasteiger partial charge >= 0.3 is 0 Å². The summed E-state index contributed by atoms with van der Waals surface area (Å²) in [5, 5.41) is 10.6. The van der Waals surface area contributed by atoms with E-state index in [-0.39, 0.29) is 21.1 Å². The Kier molecular flexibility index (Phi) is 7.89. The Morgan fingerprint density at radius 3 is 2.25 bits per heavy atom. The van der Waals surface area contributed by atoms with Crippen LogP contribution in [0.25, 0.3) is 0 Å². The summed E-state index contributed by atoms with van der Waals surface area (Å²) in [5.74, 6) is 0. The molecule has 0 spiro atoms. The second-order valence-corrected chi connectivity index (χ2v) is 2.14. The van der Waals surface area contributed by atoms with Gasteiger partial charge in [-0.15, -0.1) is 12.8 Å². The molecule has 0 amide bonds. The summed E-state index contributed by atoms with van der Waals surface area (Å²) in [5.41, 5.74) is 1.85. The molecule has 2 nitrogen and oxygen atoms in total. The van der Waals surface area contributed by atoms with E-state index in [2.05, 4.69) is 19.0 Å². The van der Waals surface area contributed by atoms with Crippen molar-refractivity contribution in [2.75, 3.05) is 0 Å². The molecule has 0 aliphatic heterocycles. The molecule has 1 aromatic rings. The molecule has 0 aliphatic rings. The van der Waals surface area contributed by atoms with Gasteiger partial charge in [0.15, 0.2) is 0 Å². The number of rotatable bonds is 0. The maximum atomic E-state index is 10.6.